The van der Waals surface area contributed by atoms with Gasteiger partial charge in [-0.1, -0.05) is 13.8 Å². The number of carbonyl (C=O) groups is 3. The number of amides is 2. The van der Waals surface area contributed by atoms with E-state index in [1.165, 1.54) is 4.90 Å². The SMILES string of the molecule is CC12CCC(OC(=O)N3CCNC(=O)C3)CC1CCC1C2CCC2(C)C(C3=CC(=O)OC3)CCC12O. The van der Waals surface area contributed by atoms with Crippen LogP contribution in [0.15, 0.2) is 11.6 Å². The summed E-state index contributed by atoms with van der Waals surface area (Å²) in [5.74, 6) is 1.05. The monoisotopic (exact) mass is 500 g/mol. The van der Waals surface area contributed by atoms with Crippen molar-refractivity contribution in [3.05, 3.63) is 11.6 Å². The predicted octanol–water partition coefficient (Wildman–Crippen LogP) is 3.18. The van der Waals surface area contributed by atoms with Crippen LogP contribution in [0.5, 0.6) is 0 Å². The third kappa shape index (κ3) is 3.53. The van der Waals surface area contributed by atoms with Gasteiger partial charge in [-0.2, -0.15) is 0 Å². The first-order chi connectivity index (χ1) is 17.1. The Labute approximate surface area is 213 Å². The van der Waals surface area contributed by atoms with Crippen molar-refractivity contribution in [1.29, 1.82) is 0 Å². The van der Waals surface area contributed by atoms with Gasteiger partial charge in [-0.15, -0.1) is 0 Å². The van der Waals surface area contributed by atoms with E-state index in [9.17, 15) is 19.5 Å². The van der Waals surface area contributed by atoms with E-state index >= 15 is 0 Å². The van der Waals surface area contributed by atoms with Crippen LogP contribution in [0, 0.1) is 34.5 Å². The van der Waals surface area contributed by atoms with E-state index in [0.717, 1.165) is 63.4 Å². The van der Waals surface area contributed by atoms with E-state index in [4.69, 9.17) is 9.47 Å². The van der Waals surface area contributed by atoms with Gasteiger partial charge in [0.2, 0.25) is 5.91 Å². The molecule has 4 aliphatic carbocycles. The second-order valence-corrected chi connectivity index (χ2v) is 12.8. The van der Waals surface area contributed by atoms with Crippen molar-refractivity contribution in [2.24, 2.45) is 34.5 Å². The number of nitrogens with one attached hydrogen (secondary N) is 1. The molecule has 0 bridgehead atoms. The summed E-state index contributed by atoms with van der Waals surface area (Å²) < 4.78 is 11.1. The van der Waals surface area contributed by atoms with E-state index in [1.54, 1.807) is 6.08 Å². The van der Waals surface area contributed by atoms with Crippen molar-refractivity contribution in [2.75, 3.05) is 26.2 Å². The molecule has 2 aliphatic heterocycles. The number of ether oxygens (including phenoxy) is 2. The van der Waals surface area contributed by atoms with E-state index < -0.39 is 5.60 Å². The fraction of sp³-hybridized carbons (Fsp3) is 0.821. The Morgan fingerprint density at radius 3 is 2.69 bits per heavy atom. The lowest BCUT2D eigenvalue weighted by Gasteiger charge is -2.63. The number of hydrogen-bond acceptors (Lipinski definition) is 6. The molecule has 8 atom stereocenters. The van der Waals surface area contributed by atoms with Crippen LogP contribution in [0.2, 0.25) is 0 Å². The van der Waals surface area contributed by atoms with Gasteiger partial charge in [0.1, 0.15) is 19.3 Å². The van der Waals surface area contributed by atoms with Gasteiger partial charge >= 0.3 is 12.1 Å². The predicted molar refractivity (Wildman–Crippen MR) is 131 cm³/mol. The second-order valence-electron chi connectivity index (χ2n) is 12.8. The molecule has 6 rings (SSSR count). The highest BCUT2D eigenvalue weighted by atomic mass is 16.6. The zero-order chi connectivity index (χ0) is 25.3. The average Bonchev–Trinajstić information content (AvgIpc) is 3.39. The number of nitrogens with zero attached hydrogens (tertiary/aromatic N) is 1. The smallest absolute Gasteiger partial charge is 0.410 e. The normalized spacial score (nSPS) is 46.1. The van der Waals surface area contributed by atoms with Gasteiger partial charge < -0.3 is 19.9 Å². The third-order valence-electron chi connectivity index (χ3n) is 11.5. The number of aliphatic hydroxyl groups is 1. The first-order valence-corrected chi connectivity index (χ1v) is 14.0. The molecule has 2 N–H and O–H groups in total. The highest BCUT2D eigenvalue weighted by molar-refractivity contribution is 5.85. The molecule has 0 aromatic rings. The van der Waals surface area contributed by atoms with Crippen LogP contribution < -0.4 is 5.32 Å². The molecule has 198 valence electrons. The molecule has 0 spiro atoms. The fourth-order valence-electron chi connectivity index (χ4n) is 9.49. The van der Waals surface area contributed by atoms with Gasteiger partial charge in [-0.05, 0) is 92.4 Å². The van der Waals surface area contributed by atoms with E-state index in [2.05, 4.69) is 19.2 Å². The molecule has 0 aromatic carbocycles. The quantitative estimate of drug-likeness (QED) is 0.565. The van der Waals surface area contributed by atoms with Crippen molar-refractivity contribution in [2.45, 2.75) is 83.3 Å². The Kier molecular flexibility index (Phi) is 5.71. The lowest BCUT2D eigenvalue weighted by Crippen LogP contribution is -2.62. The molecule has 8 unspecified atom stereocenters. The van der Waals surface area contributed by atoms with Crippen LogP contribution in [0.1, 0.15) is 71.6 Å². The summed E-state index contributed by atoms with van der Waals surface area (Å²) in [7, 11) is 0. The molecule has 0 radical (unpaired) electrons. The summed E-state index contributed by atoms with van der Waals surface area (Å²) in [6.45, 7) is 6.11. The van der Waals surface area contributed by atoms with Gasteiger partial charge in [-0.3, -0.25) is 9.69 Å². The van der Waals surface area contributed by atoms with Crippen LogP contribution in [0.3, 0.4) is 0 Å². The van der Waals surface area contributed by atoms with Gasteiger partial charge in [-0.25, -0.2) is 9.59 Å². The molecule has 0 aromatic heterocycles. The number of cyclic esters (lactones) is 1. The van der Waals surface area contributed by atoms with Crippen molar-refractivity contribution < 1.29 is 29.0 Å². The van der Waals surface area contributed by atoms with E-state index in [0.29, 0.717) is 31.5 Å². The molecule has 8 heteroatoms. The van der Waals surface area contributed by atoms with Crippen LogP contribution >= 0.6 is 0 Å². The first-order valence-electron chi connectivity index (χ1n) is 14.0. The van der Waals surface area contributed by atoms with Crippen molar-refractivity contribution in [3.63, 3.8) is 0 Å². The Hall–Kier alpha value is -2.09. The minimum absolute atomic E-state index is 0.0754. The maximum atomic E-state index is 12.7. The van der Waals surface area contributed by atoms with Crippen LogP contribution in [0.4, 0.5) is 4.79 Å². The molecule has 1 saturated heterocycles. The Bertz CT molecular complexity index is 997. The average molecular weight is 501 g/mol. The molecule has 6 aliphatic rings. The molecule has 5 fully saturated rings. The minimum atomic E-state index is -0.709. The summed E-state index contributed by atoms with van der Waals surface area (Å²) in [5.41, 5.74) is 0.284. The Morgan fingerprint density at radius 2 is 1.94 bits per heavy atom. The summed E-state index contributed by atoms with van der Waals surface area (Å²) in [5, 5.41) is 15.1. The van der Waals surface area contributed by atoms with Crippen LogP contribution in [0.25, 0.3) is 0 Å². The molecule has 2 amide bonds. The second kappa shape index (κ2) is 8.47. The zero-order valence-electron chi connectivity index (χ0n) is 21.6. The molecular weight excluding hydrogens is 460 g/mol. The summed E-state index contributed by atoms with van der Waals surface area (Å²) in [6.07, 6.45) is 9.76. The molecule has 36 heavy (non-hydrogen) atoms. The summed E-state index contributed by atoms with van der Waals surface area (Å²) in [4.78, 5) is 37.6. The van der Waals surface area contributed by atoms with Gasteiger partial charge in [0.25, 0.3) is 0 Å². The molecular formula is C28H40N2O6. The maximum Gasteiger partial charge on any atom is 0.410 e. The highest BCUT2D eigenvalue weighted by Crippen LogP contribution is 2.70. The zero-order valence-corrected chi connectivity index (χ0v) is 21.6. The third-order valence-corrected chi connectivity index (χ3v) is 11.5. The lowest BCUT2D eigenvalue weighted by molar-refractivity contribution is -0.208. The molecule has 2 heterocycles. The van der Waals surface area contributed by atoms with Crippen molar-refractivity contribution in [1.82, 2.24) is 10.2 Å². The van der Waals surface area contributed by atoms with Gasteiger partial charge in [0.15, 0.2) is 0 Å². The van der Waals surface area contributed by atoms with Crippen molar-refractivity contribution in [3.8, 4) is 0 Å². The number of piperazine rings is 1. The van der Waals surface area contributed by atoms with E-state index in [1.807, 2.05) is 0 Å². The summed E-state index contributed by atoms with van der Waals surface area (Å²) in [6, 6.07) is 0. The Morgan fingerprint density at radius 1 is 1.11 bits per heavy atom. The number of esters is 1. The minimum Gasteiger partial charge on any atom is -0.458 e. The first kappa shape index (κ1) is 24.3. The lowest BCUT2D eigenvalue weighted by atomic mass is 9.43. The van der Waals surface area contributed by atoms with Gasteiger partial charge in [0, 0.05) is 24.6 Å². The maximum absolute atomic E-state index is 12.7. The topological polar surface area (TPSA) is 105 Å². The molecule has 4 saturated carbocycles. The standard InChI is InChI=1S/C28H40N2O6/c1-26-8-5-19(36-25(33)30-12-11-29-23(31)15-30)14-18(26)3-4-22-21(26)6-9-27(2)20(7-10-28(22,27)34)17-13-24(32)35-16-17/h13,18-22,34H,3-12,14-16H2,1-2H3,(H,29,31). The fourth-order valence-corrected chi connectivity index (χ4v) is 9.49. The van der Waals surface area contributed by atoms with Crippen LogP contribution in [-0.4, -0.2) is 65.9 Å². The number of hydrogen-bond donors (Lipinski definition) is 2. The van der Waals surface area contributed by atoms with Gasteiger partial charge in [0.05, 0.1) is 5.60 Å². The number of fused-ring (bicyclic) bond motifs is 5. The molecule has 8 nitrogen and oxygen atoms in total. The van der Waals surface area contributed by atoms with Crippen LogP contribution in [-0.2, 0) is 19.1 Å². The Balaban J connectivity index is 1.15. The highest BCUT2D eigenvalue weighted by Gasteiger charge is 2.67. The van der Waals surface area contributed by atoms with Crippen molar-refractivity contribution >= 4 is 18.0 Å². The van der Waals surface area contributed by atoms with E-state index in [-0.39, 0.29) is 53.3 Å². The summed E-state index contributed by atoms with van der Waals surface area (Å²) >= 11 is 0. The number of carbonyl (C=O) groups excluding carboxylic acids is 3. The largest absolute Gasteiger partial charge is 0.458 e. The number of rotatable bonds is 2.